The second kappa shape index (κ2) is 4.77. The molecular weight excluding hydrogens is 231 g/mol. The van der Waals surface area contributed by atoms with Crippen molar-refractivity contribution in [3.8, 4) is 5.75 Å². The van der Waals surface area contributed by atoms with E-state index in [0.717, 1.165) is 16.4 Å². The van der Waals surface area contributed by atoms with Crippen molar-refractivity contribution in [3.05, 3.63) is 54.6 Å². The van der Waals surface area contributed by atoms with Gasteiger partial charge >= 0.3 is 0 Å². The molecule has 2 rings (SSSR count). The van der Waals surface area contributed by atoms with Crippen molar-refractivity contribution < 1.29 is 9.30 Å². The highest BCUT2D eigenvalue weighted by atomic mass is 31.2. The van der Waals surface area contributed by atoms with E-state index in [1.807, 2.05) is 54.6 Å². The van der Waals surface area contributed by atoms with Gasteiger partial charge in [0, 0.05) is 10.6 Å². The average Bonchev–Trinajstić information content (AvgIpc) is 2.40. The molecule has 0 N–H and O–H groups in total. The molecule has 0 amide bonds. The number of ether oxygens (including phenoxy) is 1. The zero-order valence-corrected chi connectivity index (χ0v) is 10.9. The summed E-state index contributed by atoms with van der Waals surface area (Å²) in [6, 6.07) is 17.0. The Kier molecular flexibility index (Phi) is 3.35. The predicted molar refractivity (Wildman–Crippen MR) is 72.2 cm³/mol. The molecular formula is C14H15O2P. The highest BCUT2D eigenvalue weighted by molar-refractivity contribution is 7.78. The van der Waals surface area contributed by atoms with E-state index in [1.54, 1.807) is 13.8 Å². The van der Waals surface area contributed by atoms with Gasteiger partial charge in [-0.1, -0.05) is 30.3 Å². The summed E-state index contributed by atoms with van der Waals surface area (Å²) in [6.45, 7) is 1.80. The van der Waals surface area contributed by atoms with Gasteiger partial charge in [-0.2, -0.15) is 0 Å². The molecule has 0 aliphatic rings. The second-order valence-corrected chi connectivity index (χ2v) is 6.84. The largest absolute Gasteiger partial charge is 0.497 e. The summed E-state index contributed by atoms with van der Waals surface area (Å²) in [4.78, 5) is 0. The van der Waals surface area contributed by atoms with Crippen LogP contribution < -0.4 is 15.3 Å². The number of hydrogen-bond acceptors (Lipinski definition) is 2. The molecule has 2 aromatic carbocycles. The minimum atomic E-state index is -2.48. The average molecular weight is 246 g/mol. The molecule has 0 aliphatic carbocycles. The third-order valence-corrected chi connectivity index (χ3v) is 5.38. The van der Waals surface area contributed by atoms with Gasteiger partial charge in [-0.25, -0.2) is 0 Å². The van der Waals surface area contributed by atoms with Gasteiger partial charge in [0.2, 0.25) is 0 Å². The van der Waals surface area contributed by atoms with Gasteiger partial charge in [0.25, 0.3) is 0 Å². The standard InChI is InChI=1S/C14H15O2P/c1-16-12-8-10-14(11-9-12)17(2,15)13-6-4-3-5-7-13/h3-11H,1-2H3/t17-/m1/s1. The smallest absolute Gasteiger partial charge is 0.140 e. The van der Waals surface area contributed by atoms with E-state index >= 15 is 0 Å². The fourth-order valence-electron chi connectivity index (χ4n) is 1.73. The number of rotatable bonds is 3. The van der Waals surface area contributed by atoms with Crippen molar-refractivity contribution in [1.29, 1.82) is 0 Å². The lowest BCUT2D eigenvalue weighted by molar-refractivity contribution is 0.415. The predicted octanol–water partition coefficient (Wildman–Crippen LogP) is 2.64. The van der Waals surface area contributed by atoms with Crippen molar-refractivity contribution in [3.63, 3.8) is 0 Å². The van der Waals surface area contributed by atoms with Gasteiger partial charge in [0.05, 0.1) is 7.11 Å². The van der Waals surface area contributed by atoms with Crippen LogP contribution in [0.4, 0.5) is 0 Å². The summed E-state index contributed by atoms with van der Waals surface area (Å²) in [5.41, 5.74) is 0. The molecule has 0 bridgehead atoms. The van der Waals surface area contributed by atoms with Crippen molar-refractivity contribution >= 4 is 17.8 Å². The van der Waals surface area contributed by atoms with Crippen molar-refractivity contribution in [2.45, 2.75) is 0 Å². The Morgan fingerprint density at radius 1 is 0.882 bits per heavy atom. The van der Waals surface area contributed by atoms with Gasteiger partial charge in [-0.15, -0.1) is 0 Å². The van der Waals surface area contributed by atoms with Crippen LogP contribution in [0, 0.1) is 0 Å². The maximum absolute atomic E-state index is 12.8. The monoisotopic (exact) mass is 246 g/mol. The molecule has 3 heteroatoms. The van der Waals surface area contributed by atoms with Crippen LogP contribution in [0.1, 0.15) is 0 Å². The topological polar surface area (TPSA) is 26.3 Å². The Bertz CT molecular complexity index is 532. The molecule has 0 spiro atoms. The third-order valence-electron chi connectivity index (χ3n) is 2.81. The van der Waals surface area contributed by atoms with Crippen LogP contribution in [0.5, 0.6) is 5.75 Å². The van der Waals surface area contributed by atoms with Crippen LogP contribution in [-0.2, 0) is 4.57 Å². The van der Waals surface area contributed by atoms with Gasteiger partial charge < -0.3 is 9.30 Å². The van der Waals surface area contributed by atoms with E-state index in [2.05, 4.69) is 0 Å². The molecule has 1 atom stereocenters. The molecule has 0 aromatic heterocycles. The summed E-state index contributed by atoms with van der Waals surface area (Å²) in [7, 11) is -0.860. The molecule has 0 saturated carbocycles. The van der Waals surface area contributed by atoms with Gasteiger partial charge in [-0.05, 0) is 30.9 Å². The molecule has 0 fully saturated rings. The number of methoxy groups -OCH3 is 1. The summed E-state index contributed by atoms with van der Waals surface area (Å²) in [5, 5.41) is 1.73. The van der Waals surface area contributed by atoms with E-state index < -0.39 is 7.14 Å². The van der Waals surface area contributed by atoms with E-state index in [9.17, 15) is 4.57 Å². The molecule has 0 aliphatic heterocycles. The van der Waals surface area contributed by atoms with Gasteiger partial charge in [0.15, 0.2) is 0 Å². The highest BCUT2D eigenvalue weighted by Gasteiger charge is 2.20. The molecule has 17 heavy (non-hydrogen) atoms. The quantitative estimate of drug-likeness (QED) is 0.778. The lowest BCUT2D eigenvalue weighted by atomic mass is 10.3. The molecule has 88 valence electrons. The SMILES string of the molecule is COc1ccc([P@](C)(=O)c2ccccc2)cc1. The summed E-state index contributed by atoms with van der Waals surface area (Å²) < 4.78 is 17.9. The maximum atomic E-state index is 12.8. The van der Waals surface area contributed by atoms with Gasteiger partial charge in [-0.3, -0.25) is 0 Å². The molecule has 0 saturated heterocycles. The molecule has 2 nitrogen and oxygen atoms in total. The molecule has 0 heterocycles. The van der Waals surface area contributed by atoms with Crippen molar-refractivity contribution in [2.75, 3.05) is 13.8 Å². The fourth-order valence-corrected chi connectivity index (χ4v) is 3.49. The number of hydrogen-bond donors (Lipinski definition) is 0. The zero-order chi connectivity index (χ0) is 12.3. The summed E-state index contributed by atoms with van der Waals surface area (Å²) in [6.07, 6.45) is 0. The Labute approximate surface area is 102 Å². The first-order valence-corrected chi connectivity index (χ1v) is 7.58. The Morgan fingerprint density at radius 2 is 1.41 bits per heavy atom. The lowest BCUT2D eigenvalue weighted by Gasteiger charge is -2.14. The Morgan fingerprint density at radius 3 is 1.94 bits per heavy atom. The first kappa shape index (κ1) is 11.9. The number of benzene rings is 2. The minimum absolute atomic E-state index is 0.779. The third kappa shape index (κ3) is 2.42. The van der Waals surface area contributed by atoms with E-state index in [-0.39, 0.29) is 0 Å². The molecule has 0 radical (unpaired) electrons. The van der Waals surface area contributed by atoms with E-state index in [4.69, 9.17) is 4.74 Å². The van der Waals surface area contributed by atoms with Crippen LogP contribution in [0.15, 0.2) is 54.6 Å². The zero-order valence-electron chi connectivity index (χ0n) is 9.96. The Balaban J connectivity index is 2.41. The first-order chi connectivity index (χ1) is 8.14. The van der Waals surface area contributed by atoms with Crippen LogP contribution in [0.2, 0.25) is 0 Å². The first-order valence-electron chi connectivity index (χ1n) is 5.42. The van der Waals surface area contributed by atoms with Crippen LogP contribution >= 0.6 is 7.14 Å². The fraction of sp³-hybridized carbons (Fsp3) is 0.143. The normalized spacial score (nSPS) is 14.0. The van der Waals surface area contributed by atoms with Crippen molar-refractivity contribution in [1.82, 2.24) is 0 Å². The summed E-state index contributed by atoms with van der Waals surface area (Å²) in [5.74, 6) is 0.779. The second-order valence-electron chi connectivity index (χ2n) is 3.96. The van der Waals surface area contributed by atoms with Crippen LogP contribution in [0.3, 0.4) is 0 Å². The molecule has 2 aromatic rings. The van der Waals surface area contributed by atoms with Gasteiger partial charge in [0.1, 0.15) is 12.9 Å². The minimum Gasteiger partial charge on any atom is -0.497 e. The van der Waals surface area contributed by atoms with Crippen LogP contribution in [-0.4, -0.2) is 13.8 Å². The summed E-state index contributed by atoms with van der Waals surface area (Å²) >= 11 is 0. The van der Waals surface area contributed by atoms with E-state index in [0.29, 0.717) is 0 Å². The molecule has 0 unspecified atom stereocenters. The highest BCUT2D eigenvalue weighted by Crippen LogP contribution is 2.38. The lowest BCUT2D eigenvalue weighted by Crippen LogP contribution is -2.14. The maximum Gasteiger partial charge on any atom is 0.140 e. The van der Waals surface area contributed by atoms with E-state index in [1.165, 1.54) is 0 Å². The van der Waals surface area contributed by atoms with Crippen molar-refractivity contribution in [2.24, 2.45) is 0 Å². The Hall–Kier alpha value is -1.53. The van der Waals surface area contributed by atoms with Crippen LogP contribution in [0.25, 0.3) is 0 Å².